The second kappa shape index (κ2) is 10.0. The van der Waals surface area contributed by atoms with Gasteiger partial charge in [0.15, 0.2) is 5.75 Å². The van der Waals surface area contributed by atoms with E-state index in [1.807, 2.05) is 44.2 Å². The lowest BCUT2D eigenvalue weighted by Crippen LogP contribution is -2.19. The SMILES string of the molecule is CC(C)c1ccc(S(=O)(=O)Oc2ccccc2C=NNC(=O)Cc2ccccc2)cc1. The molecule has 0 atom stereocenters. The highest BCUT2D eigenvalue weighted by Gasteiger charge is 2.18. The predicted molar refractivity (Wildman–Crippen MR) is 121 cm³/mol. The van der Waals surface area contributed by atoms with E-state index in [9.17, 15) is 13.2 Å². The average Bonchev–Trinajstić information content (AvgIpc) is 2.75. The number of hydrogen-bond acceptors (Lipinski definition) is 5. The van der Waals surface area contributed by atoms with Crippen molar-refractivity contribution < 1.29 is 17.4 Å². The van der Waals surface area contributed by atoms with Crippen LogP contribution in [0.25, 0.3) is 0 Å². The van der Waals surface area contributed by atoms with Crippen LogP contribution in [0.15, 0.2) is 88.9 Å². The molecule has 3 aromatic carbocycles. The van der Waals surface area contributed by atoms with Crippen LogP contribution in [0, 0.1) is 0 Å². The van der Waals surface area contributed by atoms with Gasteiger partial charge in [-0.2, -0.15) is 13.5 Å². The molecule has 0 aliphatic rings. The number of para-hydroxylation sites is 1. The third-order valence-electron chi connectivity index (χ3n) is 4.55. The summed E-state index contributed by atoms with van der Waals surface area (Å²) in [5.74, 6) is 0.141. The summed E-state index contributed by atoms with van der Waals surface area (Å²) < 4.78 is 30.7. The molecule has 3 rings (SSSR count). The lowest BCUT2D eigenvalue weighted by atomic mass is 10.0. The van der Waals surface area contributed by atoms with Crippen molar-refractivity contribution in [2.24, 2.45) is 5.10 Å². The van der Waals surface area contributed by atoms with Crippen molar-refractivity contribution in [1.82, 2.24) is 5.43 Å². The van der Waals surface area contributed by atoms with Gasteiger partial charge in [-0.05, 0) is 41.3 Å². The zero-order valence-corrected chi connectivity index (χ0v) is 18.2. The van der Waals surface area contributed by atoms with E-state index in [1.54, 1.807) is 30.3 Å². The highest BCUT2D eigenvalue weighted by Crippen LogP contribution is 2.23. The van der Waals surface area contributed by atoms with Gasteiger partial charge in [-0.25, -0.2) is 5.43 Å². The molecule has 0 aromatic heterocycles. The molecule has 0 radical (unpaired) electrons. The Kier molecular flexibility index (Phi) is 7.20. The zero-order chi connectivity index (χ0) is 22.3. The summed E-state index contributed by atoms with van der Waals surface area (Å²) in [4.78, 5) is 12.1. The highest BCUT2D eigenvalue weighted by atomic mass is 32.2. The van der Waals surface area contributed by atoms with Gasteiger partial charge in [0.25, 0.3) is 0 Å². The summed E-state index contributed by atoms with van der Waals surface area (Å²) in [5.41, 5.74) is 4.77. The van der Waals surface area contributed by atoms with Crippen LogP contribution in [0.1, 0.15) is 36.5 Å². The number of carbonyl (C=O) groups is 1. The maximum Gasteiger partial charge on any atom is 0.339 e. The molecule has 0 bridgehead atoms. The van der Waals surface area contributed by atoms with Gasteiger partial charge in [-0.15, -0.1) is 0 Å². The van der Waals surface area contributed by atoms with Crippen LogP contribution in [-0.2, 0) is 21.3 Å². The Bertz CT molecular complexity index is 1160. The predicted octanol–water partition coefficient (Wildman–Crippen LogP) is 4.27. The monoisotopic (exact) mass is 436 g/mol. The molecule has 0 heterocycles. The molecule has 0 saturated carbocycles. The molecule has 160 valence electrons. The smallest absolute Gasteiger partial charge is 0.339 e. The van der Waals surface area contributed by atoms with Crippen molar-refractivity contribution >= 4 is 22.2 Å². The van der Waals surface area contributed by atoms with Crippen molar-refractivity contribution in [2.45, 2.75) is 31.1 Å². The fourth-order valence-corrected chi connectivity index (χ4v) is 3.80. The molecule has 0 aliphatic carbocycles. The van der Waals surface area contributed by atoms with Crippen LogP contribution in [0.3, 0.4) is 0 Å². The highest BCUT2D eigenvalue weighted by molar-refractivity contribution is 7.87. The van der Waals surface area contributed by atoms with Gasteiger partial charge in [0, 0.05) is 5.56 Å². The zero-order valence-electron chi connectivity index (χ0n) is 17.4. The van der Waals surface area contributed by atoms with Crippen LogP contribution in [-0.4, -0.2) is 20.5 Å². The number of hydrazone groups is 1. The van der Waals surface area contributed by atoms with Crippen molar-refractivity contribution in [2.75, 3.05) is 0 Å². The Morgan fingerprint density at radius 3 is 2.29 bits per heavy atom. The van der Waals surface area contributed by atoms with E-state index in [0.29, 0.717) is 11.5 Å². The minimum Gasteiger partial charge on any atom is -0.378 e. The summed E-state index contributed by atoms with van der Waals surface area (Å²) in [7, 11) is -4.01. The van der Waals surface area contributed by atoms with Crippen LogP contribution in [0.4, 0.5) is 0 Å². The first-order valence-corrected chi connectivity index (χ1v) is 11.3. The maximum absolute atomic E-state index is 12.7. The quantitative estimate of drug-likeness (QED) is 0.325. The van der Waals surface area contributed by atoms with Crippen molar-refractivity contribution in [3.8, 4) is 5.75 Å². The molecule has 6 nitrogen and oxygen atoms in total. The molecular weight excluding hydrogens is 412 g/mol. The third-order valence-corrected chi connectivity index (χ3v) is 5.80. The van der Waals surface area contributed by atoms with E-state index < -0.39 is 10.1 Å². The van der Waals surface area contributed by atoms with E-state index in [4.69, 9.17) is 4.18 Å². The fourth-order valence-electron chi connectivity index (χ4n) is 2.84. The number of carbonyl (C=O) groups excluding carboxylic acids is 1. The molecule has 7 heteroatoms. The summed E-state index contributed by atoms with van der Waals surface area (Å²) in [6, 6.07) is 22.5. The van der Waals surface area contributed by atoms with E-state index in [-0.39, 0.29) is 23.0 Å². The van der Waals surface area contributed by atoms with Crippen molar-refractivity contribution in [1.29, 1.82) is 0 Å². The maximum atomic E-state index is 12.7. The molecule has 0 unspecified atom stereocenters. The standard InChI is InChI=1S/C24H24N2O4S/c1-18(2)20-12-14-22(15-13-20)31(28,29)30-23-11-7-6-10-21(23)17-25-26-24(27)16-19-8-4-3-5-9-19/h3-15,17-18H,16H2,1-2H3,(H,26,27). The Morgan fingerprint density at radius 2 is 1.61 bits per heavy atom. The average molecular weight is 437 g/mol. The fraction of sp³-hybridized carbons (Fsp3) is 0.167. The van der Waals surface area contributed by atoms with Crippen LogP contribution < -0.4 is 9.61 Å². The van der Waals surface area contributed by atoms with Crippen molar-refractivity contribution in [3.05, 3.63) is 95.6 Å². The molecular formula is C24H24N2O4S. The number of nitrogens with zero attached hydrogens (tertiary/aromatic N) is 1. The van der Waals surface area contributed by atoms with Crippen LogP contribution in [0.2, 0.25) is 0 Å². The summed E-state index contributed by atoms with van der Waals surface area (Å²) in [6.07, 6.45) is 1.55. The Hall–Kier alpha value is -3.45. The number of nitrogens with one attached hydrogen (secondary N) is 1. The molecule has 0 fully saturated rings. The molecule has 0 spiro atoms. The lowest BCUT2D eigenvalue weighted by molar-refractivity contribution is -0.120. The second-order valence-corrected chi connectivity index (χ2v) is 8.80. The normalized spacial score (nSPS) is 11.6. The molecule has 0 aliphatic heterocycles. The second-order valence-electron chi connectivity index (χ2n) is 7.25. The Morgan fingerprint density at radius 1 is 0.968 bits per heavy atom. The van der Waals surface area contributed by atoms with Gasteiger partial charge in [0.1, 0.15) is 4.90 Å². The van der Waals surface area contributed by atoms with E-state index in [0.717, 1.165) is 11.1 Å². The number of hydrogen-bond donors (Lipinski definition) is 1. The minimum atomic E-state index is -4.01. The number of benzene rings is 3. The van der Waals surface area contributed by atoms with E-state index >= 15 is 0 Å². The summed E-state index contributed by atoms with van der Waals surface area (Å²) in [5, 5.41) is 3.93. The van der Waals surface area contributed by atoms with Crippen molar-refractivity contribution in [3.63, 3.8) is 0 Å². The van der Waals surface area contributed by atoms with Gasteiger partial charge < -0.3 is 4.18 Å². The molecule has 1 amide bonds. The lowest BCUT2D eigenvalue weighted by Gasteiger charge is -2.10. The topological polar surface area (TPSA) is 84.8 Å². The third kappa shape index (κ3) is 6.26. The Labute approximate surface area is 182 Å². The summed E-state index contributed by atoms with van der Waals surface area (Å²) in [6.45, 7) is 4.07. The number of amides is 1. The molecule has 1 N–H and O–H groups in total. The first-order valence-electron chi connectivity index (χ1n) is 9.84. The number of rotatable bonds is 8. The molecule has 0 saturated heterocycles. The first-order chi connectivity index (χ1) is 14.8. The van der Waals surface area contributed by atoms with E-state index in [1.165, 1.54) is 24.4 Å². The van der Waals surface area contributed by atoms with Gasteiger partial charge >= 0.3 is 10.1 Å². The largest absolute Gasteiger partial charge is 0.378 e. The summed E-state index contributed by atoms with van der Waals surface area (Å²) >= 11 is 0. The molecule has 3 aromatic rings. The van der Waals surface area contributed by atoms with Crippen LogP contribution in [0.5, 0.6) is 5.75 Å². The molecule has 31 heavy (non-hydrogen) atoms. The minimum absolute atomic E-state index is 0.0693. The van der Waals surface area contributed by atoms with E-state index in [2.05, 4.69) is 10.5 Å². The Balaban J connectivity index is 1.69. The van der Waals surface area contributed by atoms with Gasteiger partial charge in [0.05, 0.1) is 12.6 Å². The van der Waals surface area contributed by atoms with Gasteiger partial charge in [-0.1, -0.05) is 68.4 Å². The van der Waals surface area contributed by atoms with Gasteiger partial charge in [0.2, 0.25) is 5.91 Å². The van der Waals surface area contributed by atoms with Gasteiger partial charge in [-0.3, -0.25) is 4.79 Å². The first kappa shape index (κ1) is 22.2. The van der Waals surface area contributed by atoms with Crippen LogP contribution >= 0.6 is 0 Å².